The van der Waals surface area contributed by atoms with Crippen LogP contribution in [-0.2, 0) is 14.3 Å². The summed E-state index contributed by atoms with van der Waals surface area (Å²) in [5.74, 6) is -0.675. The van der Waals surface area contributed by atoms with Gasteiger partial charge in [0, 0.05) is 11.8 Å². The van der Waals surface area contributed by atoms with Crippen LogP contribution < -0.4 is 5.73 Å². The van der Waals surface area contributed by atoms with Crippen LogP contribution in [0.4, 0.5) is 0 Å². The van der Waals surface area contributed by atoms with Crippen LogP contribution in [0, 0.1) is 10.8 Å². The second kappa shape index (κ2) is 2.54. The maximum Gasteiger partial charge on any atom is 0.313 e. The molecule has 0 spiro atoms. The number of hydrogen-bond acceptors (Lipinski definition) is 3. The lowest BCUT2D eigenvalue weighted by molar-refractivity contribution is -0.160. The summed E-state index contributed by atoms with van der Waals surface area (Å²) in [5, 5.41) is 0. The van der Waals surface area contributed by atoms with E-state index in [-0.39, 0.29) is 17.8 Å². The molecule has 2 rings (SSSR count). The largest absolute Gasteiger partial charge is 0.458 e. The van der Waals surface area contributed by atoms with Gasteiger partial charge >= 0.3 is 5.97 Å². The van der Waals surface area contributed by atoms with Gasteiger partial charge in [-0.2, -0.15) is 0 Å². The molecule has 0 aromatic rings. The first-order valence-corrected chi connectivity index (χ1v) is 5.27. The van der Waals surface area contributed by atoms with Gasteiger partial charge in [-0.05, 0) is 19.8 Å². The lowest BCUT2D eigenvalue weighted by atomic mass is 9.64. The van der Waals surface area contributed by atoms with Gasteiger partial charge in [0.15, 0.2) is 0 Å². The average molecular weight is 211 g/mol. The van der Waals surface area contributed by atoms with Crippen LogP contribution in [0.15, 0.2) is 0 Å². The predicted octanol–water partition coefficient (Wildman–Crippen LogP) is 0.984. The fourth-order valence-corrected chi connectivity index (χ4v) is 3.10. The van der Waals surface area contributed by atoms with E-state index in [0.717, 1.165) is 6.42 Å². The third-order valence-electron chi connectivity index (χ3n) is 4.73. The van der Waals surface area contributed by atoms with Gasteiger partial charge in [0.05, 0.1) is 5.41 Å². The van der Waals surface area contributed by atoms with E-state index >= 15 is 0 Å². The zero-order valence-electron chi connectivity index (χ0n) is 9.42. The van der Waals surface area contributed by atoms with Crippen LogP contribution in [0.1, 0.15) is 40.0 Å². The van der Waals surface area contributed by atoms with Crippen molar-refractivity contribution < 1.29 is 14.3 Å². The molecule has 1 saturated heterocycles. The number of carbonyl (C=O) groups is 2. The monoisotopic (exact) mass is 211 g/mol. The van der Waals surface area contributed by atoms with Crippen LogP contribution in [0.3, 0.4) is 0 Å². The standard InChI is InChI=1S/C11H17NO3/c1-9(2)10(3)4-5-11(9,6-7(12)13)8(14)15-10/h4-6H2,1-3H3,(H2,12,13)/t10-,11+/m1/s1. The van der Waals surface area contributed by atoms with Gasteiger partial charge in [-0.3, -0.25) is 9.59 Å². The van der Waals surface area contributed by atoms with Gasteiger partial charge in [0.1, 0.15) is 5.60 Å². The van der Waals surface area contributed by atoms with Crippen LogP contribution >= 0.6 is 0 Å². The van der Waals surface area contributed by atoms with Gasteiger partial charge in [0.25, 0.3) is 0 Å². The number of ether oxygens (including phenoxy) is 1. The molecular formula is C11H17NO3. The Hall–Kier alpha value is -1.06. The van der Waals surface area contributed by atoms with Crippen molar-refractivity contribution in [3.8, 4) is 0 Å². The maximum absolute atomic E-state index is 11.9. The van der Waals surface area contributed by atoms with Crippen molar-refractivity contribution in [2.45, 2.75) is 45.6 Å². The first-order valence-electron chi connectivity index (χ1n) is 5.27. The van der Waals surface area contributed by atoms with E-state index in [1.54, 1.807) is 0 Å². The molecule has 15 heavy (non-hydrogen) atoms. The van der Waals surface area contributed by atoms with Gasteiger partial charge in [-0.1, -0.05) is 13.8 Å². The van der Waals surface area contributed by atoms with Gasteiger partial charge < -0.3 is 10.5 Å². The molecule has 4 nitrogen and oxygen atoms in total. The smallest absolute Gasteiger partial charge is 0.313 e. The minimum Gasteiger partial charge on any atom is -0.458 e. The first kappa shape index (κ1) is 10.5. The molecule has 0 aromatic carbocycles. The summed E-state index contributed by atoms with van der Waals surface area (Å²) in [7, 11) is 0. The zero-order chi connectivity index (χ0) is 11.5. The molecular weight excluding hydrogens is 194 g/mol. The van der Waals surface area contributed by atoms with Crippen LogP contribution in [0.25, 0.3) is 0 Å². The summed E-state index contributed by atoms with van der Waals surface area (Å²) in [6.07, 6.45) is 1.63. The lowest BCUT2D eigenvalue weighted by Crippen LogP contribution is -2.42. The number of rotatable bonds is 2. The molecule has 1 aliphatic heterocycles. The zero-order valence-corrected chi connectivity index (χ0v) is 9.42. The number of carbonyl (C=O) groups excluding carboxylic acids is 2. The van der Waals surface area contributed by atoms with Crippen LogP contribution in [0.2, 0.25) is 0 Å². The van der Waals surface area contributed by atoms with Crippen LogP contribution in [-0.4, -0.2) is 17.5 Å². The van der Waals surface area contributed by atoms with Crippen molar-refractivity contribution in [3.05, 3.63) is 0 Å². The lowest BCUT2D eigenvalue weighted by Gasteiger charge is -2.35. The average Bonchev–Trinajstić information content (AvgIpc) is 2.32. The Balaban J connectivity index is 2.47. The summed E-state index contributed by atoms with van der Waals surface area (Å²) < 4.78 is 5.42. The maximum atomic E-state index is 11.9. The van der Waals surface area contributed by atoms with Crippen molar-refractivity contribution >= 4 is 11.9 Å². The summed E-state index contributed by atoms with van der Waals surface area (Å²) in [6.45, 7) is 5.93. The third-order valence-corrected chi connectivity index (χ3v) is 4.73. The Morgan fingerprint density at radius 1 is 1.40 bits per heavy atom. The topological polar surface area (TPSA) is 69.4 Å². The quantitative estimate of drug-likeness (QED) is 0.692. The first-order chi connectivity index (χ1) is 6.75. The molecule has 0 aromatic heterocycles. The molecule has 2 bridgehead atoms. The fraction of sp³-hybridized carbons (Fsp3) is 0.818. The summed E-state index contributed by atoms with van der Waals surface area (Å²) in [6, 6.07) is 0. The summed E-state index contributed by atoms with van der Waals surface area (Å²) in [4.78, 5) is 23.0. The van der Waals surface area contributed by atoms with E-state index < -0.39 is 16.9 Å². The molecule has 0 unspecified atom stereocenters. The molecule has 84 valence electrons. The van der Waals surface area contributed by atoms with E-state index in [1.165, 1.54) is 0 Å². The number of fused-ring (bicyclic) bond motifs is 2. The SMILES string of the molecule is CC1(C)[C@]2(CC(N)=O)CC[C@@]1(C)OC2=O. The highest BCUT2D eigenvalue weighted by Gasteiger charge is 2.72. The number of esters is 1. The van der Waals surface area contributed by atoms with Crippen molar-refractivity contribution in [2.24, 2.45) is 16.6 Å². The molecule has 2 fully saturated rings. The number of primary amides is 1. The molecule has 4 heteroatoms. The van der Waals surface area contributed by atoms with Crippen molar-refractivity contribution in [2.75, 3.05) is 0 Å². The fourth-order valence-electron chi connectivity index (χ4n) is 3.10. The van der Waals surface area contributed by atoms with E-state index in [4.69, 9.17) is 10.5 Å². The van der Waals surface area contributed by atoms with Crippen molar-refractivity contribution in [1.29, 1.82) is 0 Å². The molecule has 2 N–H and O–H groups in total. The van der Waals surface area contributed by atoms with E-state index in [1.807, 2.05) is 20.8 Å². The van der Waals surface area contributed by atoms with E-state index in [0.29, 0.717) is 6.42 Å². The minimum absolute atomic E-state index is 0.106. The van der Waals surface area contributed by atoms with E-state index in [2.05, 4.69) is 0 Å². The Bertz CT molecular complexity index is 350. The van der Waals surface area contributed by atoms with Gasteiger partial charge in [-0.25, -0.2) is 0 Å². The number of hydrogen-bond donors (Lipinski definition) is 1. The van der Waals surface area contributed by atoms with Crippen LogP contribution in [0.5, 0.6) is 0 Å². The highest BCUT2D eigenvalue weighted by atomic mass is 16.6. The van der Waals surface area contributed by atoms with E-state index in [9.17, 15) is 9.59 Å². The summed E-state index contributed by atoms with van der Waals surface area (Å²) in [5.41, 5.74) is 3.80. The number of nitrogens with two attached hydrogens (primary N) is 1. The molecule has 2 atom stereocenters. The molecule has 2 aliphatic rings. The molecule has 1 heterocycles. The Morgan fingerprint density at radius 3 is 2.33 bits per heavy atom. The Morgan fingerprint density at radius 2 is 2.00 bits per heavy atom. The molecule has 1 amide bonds. The highest BCUT2D eigenvalue weighted by molar-refractivity contribution is 5.89. The highest BCUT2D eigenvalue weighted by Crippen LogP contribution is 2.66. The number of amides is 1. The Labute approximate surface area is 89.2 Å². The predicted molar refractivity (Wildman–Crippen MR) is 53.8 cm³/mol. The third kappa shape index (κ3) is 0.971. The van der Waals surface area contributed by atoms with Crippen molar-refractivity contribution in [1.82, 2.24) is 0 Å². The molecule has 1 saturated carbocycles. The second-order valence-electron chi connectivity index (χ2n) is 5.47. The second-order valence-corrected chi connectivity index (χ2v) is 5.47. The summed E-state index contributed by atoms with van der Waals surface area (Å²) >= 11 is 0. The normalized spacial score (nSPS) is 41.7. The minimum atomic E-state index is -0.687. The molecule has 0 radical (unpaired) electrons. The van der Waals surface area contributed by atoms with Gasteiger partial charge in [0.2, 0.25) is 5.91 Å². The van der Waals surface area contributed by atoms with Gasteiger partial charge in [-0.15, -0.1) is 0 Å². The molecule has 1 aliphatic carbocycles. The Kier molecular flexibility index (Phi) is 1.77. The van der Waals surface area contributed by atoms with Crippen molar-refractivity contribution in [3.63, 3.8) is 0 Å².